The Balaban J connectivity index is 0.000000180. The zero-order valence-electron chi connectivity index (χ0n) is 21.8. The van der Waals surface area contributed by atoms with Crippen molar-refractivity contribution in [3.8, 4) is 0 Å². The molecule has 5 saturated heterocycles. The maximum absolute atomic E-state index is 11.1. The van der Waals surface area contributed by atoms with Crippen molar-refractivity contribution in [1.29, 1.82) is 0 Å². The second-order valence-electron chi connectivity index (χ2n) is 10.6. The van der Waals surface area contributed by atoms with E-state index in [1.807, 2.05) is 0 Å². The number of fused-ring (bicyclic) bond motifs is 2. The van der Waals surface area contributed by atoms with Crippen LogP contribution in [0.3, 0.4) is 0 Å². The van der Waals surface area contributed by atoms with Gasteiger partial charge in [0.25, 0.3) is 0 Å². The highest BCUT2D eigenvalue weighted by atomic mass is 16.7. The molecule has 9 atom stereocenters. The number of ether oxygens (including phenoxy) is 6. The van der Waals surface area contributed by atoms with E-state index in [-0.39, 0.29) is 48.8 Å². The first-order valence-electron chi connectivity index (χ1n) is 13.4. The zero-order valence-corrected chi connectivity index (χ0v) is 21.8. The standard InChI is InChI=1S/C15H21NO5.C12H17NO4/c1-16-8-7-11-3-5-13-15(10-17,21-11)9-12(20-13)4-6-14(18)19-2;1-13-5-4-8-2-3-10-12(17-8)6-9(16-10)11(14)15-7-12/h4,6,11-13,17H,3,5,7-10H2,2H3;8-11,14H,2-7H2/b6-4+;/t11-,12+,13+,15-;8-,9?,10+,11+,12-/m11/s1. The molecule has 5 fully saturated rings. The maximum Gasteiger partial charge on any atom is 0.330 e. The van der Waals surface area contributed by atoms with Gasteiger partial charge in [-0.2, -0.15) is 0 Å². The van der Waals surface area contributed by atoms with Gasteiger partial charge in [-0.15, -0.1) is 0 Å². The van der Waals surface area contributed by atoms with Gasteiger partial charge < -0.3 is 48.3 Å². The Morgan fingerprint density at radius 1 is 1.03 bits per heavy atom. The van der Waals surface area contributed by atoms with Crippen LogP contribution in [-0.4, -0.2) is 104 Å². The van der Waals surface area contributed by atoms with Crippen molar-refractivity contribution in [2.75, 3.05) is 33.4 Å². The molecular weight excluding hydrogens is 496 g/mol. The quantitative estimate of drug-likeness (QED) is 0.286. The second kappa shape index (κ2) is 12.8. The van der Waals surface area contributed by atoms with Gasteiger partial charge in [-0.25, -0.2) is 17.9 Å². The number of nitrogens with zero attached hydrogens (tertiary/aromatic N) is 2. The van der Waals surface area contributed by atoms with Crippen LogP contribution in [0, 0.1) is 13.1 Å². The van der Waals surface area contributed by atoms with Crippen LogP contribution >= 0.6 is 0 Å². The predicted molar refractivity (Wildman–Crippen MR) is 133 cm³/mol. The number of aliphatic hydroxyl groups excluding tert-OH is 2. The first-order chi connectivity index (χ1) is 18.4. The Labute approximate surface area is 223 Å². The summed E-state index contributed by atoms with van der Waals surface area (Å²) in [5.74, 6) is -0.428. The van der Waals surface area contributed by atoms with Gasteiger partial charge in [0.2, 0.25) is 13.1 Å². The summed E-state index contributed by atoms with van der Waals surface area (Å²) in [5.41, 5.74) is -1.08. The van der Waals surface area contributed by atoms with E-state index in [0.29, 0.717) is 39.0 Å². The van der Waals surface area contributed by atoms with E-state index >= 15 is 0 Å². The highest BCUT2D eigenvalue weighted by molar-refractivity contribution is 5.81. The van der Waals surface area contributed by atoms with Gasteiger partial charge in [-0.3, -0.25) is 0 Å². The van der Waals surface area contributed by atoms with Gasteiger partial charge in [0.05, 0.1) is 50.8 Å². The maximum atomic E-state index is 11.1. The van der Waals surface area contributed by atoms with Crippen LogP contribution in [0.5, 0.6) is 0 Å². The molecule has 210 valence electrons. The number of hydrogen-bond acceptors (Lipinski definition) is 9. The minimum absolute atomic E-state index is 0.00515. The normalized spacial score (nSPS) is 41.2. The average molecular weight is 535 g/mol. The molecule has 1 spiro atoms. The fraction of sp³-hybridized carbons (Fsp3) is 0.815. The second-order valence-corrected chi connectivity index (χ2v) is 10.6. The van der Waals surface area contributed by atoms with Crippen LogP contribution in [-0.2, 0) is 33.2 Å². The minimum atomic E-state index is -0.809. The summed E-state index contributed by atoms with van der Waals surface area (Å²) in [6, 6.07) is 0. The summed E-state index contributed by atoms with van der Waals surface area (Å²) in [4.78, 5) is 17.9. The SMILES string of the molecule is [C-]#[N+]CC[C@H]1CC[C@@H]2OC3C[C@]2(CO[C@@H]3O)O1.[C-]#[N+]CC[C@H]1CC[C@@H]2O[C@@H](/C=C/C(=O)OC)C[C@]2(CO)O1. The van der Waals surface area contributed by atoms with Crippen LogP contribution in [0.25, 0.3) is 9.69 Å². The Hall–Kier alpha value is -2.09. The van der Waals surface area contributed by atoms with E-state index in [2.05, 4.69) is 14.4 Å². The van der Waals surface area contributed by atoms with Gasteiger partial charge >= 0.3 is 5.97 Å². The van der Waals surface area contributed by atoms with E-state index in [0.717, 1.165) is 32.1 Å². The minimum Gasteiger partial charge on any atom is -0.466 e. The average Bonchev–Trinajstić information content (AvgIpc) is 3.47. The van der Waals surface area contributed by atoms with Crippen molar-refractivity contribution in [3.63, 3.8) is 0 Å². The fourth-order valence-corrected chi connectivity index (χ4v) is 6.16. The number of rotatable bonds is 7. The van der Waals surface area contributed by atoms with Crippen LogP contribution in [0.1, 0.15) is 51.4 Å². The van der Waals surface area contributed by atoms with E-state index in [1.54, 1.807) is 6.08 Å². The molecule has 0 saturated carbocycles. The number of methoxy groups -OCH3 is 1. The van der Waals surface area contributed by atoms with Crippen molar-refractivity contribution in [2.24, 2.45) is 0 Å². The molecule has 5 aliphatic rings. The summed E-state index contributed by atoms with van der Waals surface area (Å²) in [7, 11) is 1.32. The lowest BCUT2D eigenvalue weighted by Crippen LogP contribution is -2.54. The Bertz CT molecular complexity index is 932. The molecule has 5 rings (SSSR count). The zero-order chi connectivity index (χ0) is 27.2. The molecule has 2 bridgehead atoms. The van der Waals surface area contributed by atoms with E-state index < -0.39 is 17.9 Å². The Morgan fingerprint density at radius 2 is 1.71 bits per heavy atom. The van der Waals surface area contributed by atoms with E-state index in [9.17, 15) is 15.0 Å². The topological polar surface area (TPSA) is 122 Å². The lowest BCUT2D eigenvalue weighted by atomic mass is 9.85. The number of carbonyl (C=O) groups excluding carboxylic acids is 1. The Kier molecular flexibility index (Phi) is 9.77. The van der Waals surface area contributed by atoms with Crippen molar-refractivity contribution >= 4 is 5.97 Å². The molecule has 5 aliphatic heterocycles. The molecule has 11 nitrogen and oxygen atoms in total. The summed E-state index contributed by atoms with van der Waals surface area (Å²) in [6.07, 6.45) is 7.88. The number of esters is 1. The molecule has 2 N–H and O–H groups in total. The summed E-state index contributed by atoms with van der Waals surface area (Å²) >= 11 is 0. The molecule has 0 aliphatic carbocycles. The molecular formula is C27H38N2O9. The first-order valence-corrected chi connectivity index (χ1v) is 13.4. The van der Waals surface area contributed by atoms with Gasteiger partial charge in [-0.05, 0) is 31.8 Å². The van der Waals surface area contributed by atoms with Crippen molar-refractivity contribution in [1.82, 2.24) is 0 Å². The van der Waals surface area contributed by atoms with E-state index in [4.69, 9.17) is 36.8 Å². The molecule has 5 heterocycles. The monoisotopic (exact) mass is 534 g/mol. The molecule has 0 aromatic heterocycles. The lowest BCUT2D eigenvalue weighted by Gasteiger charge is -2.42. The Morgan fingerprint density at radius 3 is 2.37 bits per heavy atom. The molecule has 0 aromatic rings. The highest BCUT2D eigenvalue weighted by Crippen LogP contribution is 2.46. The van der Waals surface area contributed by atoms with Crippen LogP contribution in [0.2, 0.25) is 0 Å². The molecule has 0 radical (unpaired) electrons. The molecule has 0 aromatic carbocycles. The third-order valence-corrected chi connectivity index (χ3v) is 8.11. The number of carbonyl (C=O) groups is 1. The van der Waals surface area contributed by atoms with Crippen LogP contribution in [0.15, 0.2) is 12.2 Å². The fourth-order valence-electron chi connectivity index (χ4n) is 6.16. The van der Waals surface area contributed by atoms with Gasteiger partial charge in [-0.1, -0.05) is 0 Å². The molecule has 1 unspecified atom stereocenters. The first kappa shape index (κ1) is 28.9. The van der Waals surface area contributed by atoms with Crippen LogP contribution in [0.4, 0.5) is 0 Å². The summed E-state index contributed by atoms with van der Waals surface area (Å²) in [6.45, 7) is 14.9. The largest absolute Gasteiger partial charge is 0.466 e. The molecule has 38 heavy (non-hydrogen) atoms. The molecule has 0 amide bonds. The number of aliphatic hydroxyl groups is 2. The summed E-state index contributed by atoms with van der Waals surface area (Å²) in [5, 5.41) is 19.4. The van der Waals surface area contributed by atoms with Crippen molar-refractivity contribution in [3.05, 3.63) is 35.0 Å². The van der Waals surface area contributed by atoms with Crippen molar-refractivity contribution in [2.45, 2.75) is 105 Å². The van der Waals surface area contributed by atoms with Crippen LogP contribution < -0.4 is 0 Å². The van der Waals surface area contributed by atoms with Gasteiger partial charge in [0.1, 0.15) is 17.3 Å². The summed E-state index contributed by atoms with van der Waals surface area (Å²) < 4.78 is 33.7. The lowest BCUT2D eigenvalue weighted by molar-refractivity contribution is -0.222. The highest BCUT2D eigenvalue weighted by Gasteiger charge is 2.58. The molecule has 11 heteroatoms. The van der Waals surface area contributed by atoms with Crippen molar-refractivity contribution < 1.29 is 43.4 Å². The third kappa shape index (κ3) is 6.37. The third-order valence-electron chi connectivity index (χ3n) is 8.11. The van der Waals surface area contributed by atoms with E-state index in [1.165, 1.54) is 13.2 Å². The number of hydrogen-bond donors (Lipinski definition) is 2. The smallest absolute Gasteiger partial charge is 0.330 e. The predicted octanol–water partition coefficient (Wildman–Crippen LogP) is 1.81. The van der Waals surface area contributed by atoms with Gasteiger partial charge in [0, 0.05) is 31.8 Å². The van der Waals surface area contributed by atoms with Gasteiger partial charge in [0.15, 0.2) is 6.29 Å².